The molecule has 0 amide bonds. The van der Waals surface area contributed by atoms with E-state index in [0.717, 1.165) is 22.5 Å². The fourth-order valence-corrected chi connectivity index (χ4v) is 3.20. The molecule has 1 N–H and O–H groups in total. The summed E-state index contributed by atoms with van der Waals surface area (Å²) in [4.78, 5) is 48.0. The number of H-pyrrole nitrogens is 1. The van der Waals surface area contributed by atoms with Crippen molar-refractivity contribution in [3.05, 3.63) is 32.9 Å². The highest BCUT2D eigenvalue weighted by Gasteiger charge is 2.39. The molecular formula is C15H19FN2O6S. The second kappa shape index (κ2) is 8.43. The lowest BCUT2D eigenvalue weighted by atomic mass is 10.2. The molecule has 1 aliphatic rings. The van der Waals surface area contributed by atoms with Gasteiger partial charge in [-0.1, -0.05) is 25.6 Å². The number of carbonyl (C=O) groups is 2. The van der Waals surface area contributed by atoms with E-state index in [1.54, 1.807) is 13.8 Å². The highest BCUT2D eigenvalue weighted by atomic mass is 32.2. The van der Waals surface area contributed by atoms with Gasteiger partial charge in [-0.05, 0) is 0 Å². The Labute approximate surface area is 146 Å². The van der Waals surface area contributed by atoms with E-state index in [4.69, 9.17) is 9.47 Å². The van der Waals surface area contributed by atoms with Crippen LogP contribution in [0.2, 0.25) is 0 Å². The van der Waals surface area contributed by atoms with Crippen LogP contribution < -0.4 is 11.2 Å². The number of hydrogen-bond acceptors (Lipinski definition) is 7. The van der Waals surface area contributed by atoms with E-state index < -0.39 is 41.5 Å². The molecule has 2 rings (SSSR count). The fraction of sp³-hybridized carbons (Fsp3) is 0.600. The zero-order chi connectivity index (χ0) is 18.6. The molecule has 0 saturated carbocycles. The van der Waals surface area contributed by atoms with Crippen LogP contribution in [0.25, 0.3) is 0 Å². The Balaban J connectivity index is 2.20. The highest BCUT2D eigenvalue weighted by molar-refractivity contribution is 8.13. The molecule has 8 nitrogen and oxygen atoms in total. The summed E-state index contributed by atoms with van der Waals surface area (Å²) in [5, 5.41) is -0.0418. The second-order valence-electron chi connectivity index (χ2n) is 5.43. The van der Waals surface area contributed by atoms with Crippen molar-refractivity contribution >= 4 is 22.8 Å². The number of aromatic nitrogens is 2. The smallest absolute Gasteiger partial charge is 0.330 e. The van der Waals surface area contributed by atoms with Crippen LogP contribution in [0.4, 0.5) is 4.39 Å². The number of hydrogen-bond donors (Lipinski definition) is 1. The maximum absolute atomic E-state index is 13.5. The van der Waals surface area contributed by atoms with Crippen molar-refractivity contribution < 1.29 is 23.5 Å². The number of esters is 1. The molecule has 3 atom stereocenters. The van der Waals surface area contributed by atoms with E-state index in [1.165, 1.54) is 0 Å². The van der Waals surface area contributed by atoms with Gasteiger partial charge < -0.3 is 9.47 Å². The quantitative estimate of drug-likeness (QED) is 0.739. The molecular weight excluding hydrogens is 355 g/mol. The summed E-state index contributed by atoms with van der Waals surface area (Å²) in [7, 11) is 0. The van der Waals surface area contributed by atoms with E-state index in [-0.39, 0.29) is 23.7 Å². The number of carbonyl (C=O) groups excluding carboxylic acids is 2. The summed E-state index contributed by atoms with van der Waals surface area (Å²) in [6.45, 7) is 3.37. The number of aromatic amines is 1. The lowest BCUT2D eigenvalue weighted by molar-refractivity contribution is -0.150. The Morgan fingerprint density at radius 3 is 2.76 bits per heavy atom. The third-order valence-electron chi connectivity index (χ3n) is 3.68. The molecule has 0 aromatic carbocycles. The standard InChI is InChI=1S/C15H19FN2O6S/c1-3-12(19)24-9-5-11(23-10(9)7-25-13(20)4-2)18-6-8(16)14(21)17-15(18)22/h6,9-11H,3-5,7H2,1-2H3,(H,17,21,22). The number of halogens is 1. The van der Waals surface area contributed by atoms with Crippen molar-refractivity contribution in [2.24, 2.45) is 0 Å². The van der Waals surface area contributed by atoms with Crippen molar-refractivity contribution in [1.82, 2.24) is 9.55 Å². The topological polar surface area (TPSA) is 107 Å². The summed E-state index contributed by atoms with van der Waals surface area (Å²) < 4.78 is 25.4. The minimum absolute atomic E-state index is 0.0418. The molecule has 1 aliphatic heterocycles. The second-order valence-corrected chi connectivity index (χ2v) is 6.50. The molecule has 0 radical (unpaired) electrons. The molecule has 2 heterocycles. The molecule has 10 heteroatoms. The van der Waals surface area contributed by atoms with Crippen molar-refractivity contribution in [2.75, 3.05) is 5.75 Å². The van der Waals surface area contributed by atoms with Crippen LogP contribution in [-0.2, 0) is 19.1 Å². The third kappa shape index (κ3) is 4.79. The molecule has 25 heavy (non-hydrogen) atoms. The van der Waals surface area contributed by atoms with Gasteiger partial charge in [0.2, 0.25) is 5.82 Å². The minimum atomic E-state index is -1.12. The van der Waals surface area contributed by atoms with E-state index in [9.17, 15) is 23.6 Å². The monoisotopic (exact) mass is 374 g/mol. The highest BCUT2D eigenvalue weighted by Crippen LogP contribution is 2.32. The minimum Gasteiger partial charge on any atom is -0.459 e. The fourth-order valence-electron chi connectivity index (χ4n) is 2.35. The van der Waals surface area contributed by atoms with Crippen LogP contribution in [0, 0.1) is 5.82 Å². The van der Waals surface area contributed by atoms with E-state index in [2.05, 4.69) is 0 Å². The molecule has 138 valence electrons. The maximum Gasteiger partial charge on any atom is 0.330 e. The van der Waals surface area contributed by atoms with Gasteiger partial charge in [0.05, 0.1) is 6.20 Å². The molecule has 1 fully saturated rings. The average Bonchev–Trinajstić information content (AvgIpc) is 2.98. The van der Waals surface area contributed by atoms with Gasteiger partial charge in [-0.2, -0.15) is 4.39 Å². The van der Waals surface area contributed by atoms with Crippen LogP contribution >= 0.6 is 11.8 Å². The first kappa shape index (κ1) is 19.4. The van der Waals surface area contributed by atoms with Gasteiger partial charge >= 0.3 is 11.7 Å². The predicted octanol–water partition coefficient (Wildman–Crippen LogP) is 0.955. The molecule has 1 aromatic heterocycles. The van der Waals surface area contributed by atoms with Crippen molar-refractivity contribution in [1.29, 1.82) is 0 Å². The molecule has 0 bridgehead atoms. The summed E-state index contributed by atoms with van der Waals surface area (Å²) >= 11 is 1.04. The van der Waals surface area contributed by atoms with Crippen LogP contribution in [0.5, 0.6) is 0 Å². The average molecular weight is 374 g/mol. The maximum atomic E-state index is 13.5. The van der Waals surface area contributed by atoms with Crippen LogP contribution in [-0.4, -0.2) is 38.6 Å². The number of ether oxygens (including phenoxy) is 2. The number of thioether (sulfide) groups is 1. The zero-order valence-corrected chi connectivity index (χ0v) is 14.6. The van der Waals surface area contributed by atoms with Gasteiger partial charge in [0.15, 0.2) is 5.12 Å². The lowest BCUT2D eigenvalue weighted by Crippen LogP contribution is -2.34. The Hall–Kier alpha value is -1.94. The van der Waals surface area contributed by atoms with Crippen LogP contribution in [0.3, 0.4) is 0 Å². The first-order valence-corrected chi connectivity index (χ1v) is 8.85. The summed E-state index contributed by atoms with van der Waals surface area (Å²) in [6.07, 6.45) is -0.803. The zero-order valence-electron chi connectivity index (χ0n) is 13.8. The Morgan fingerprint density at radius 2 is 2.12 bits per heavy atom. The summed E-state index contributed by atoms with van der Waals surface area (Å²) in [5.41, 5.74) is -1.94. The van der Waals surface area contributed by atoms with Gasteiger partial charge in [0, 0.05) is 25.0 Å². The lowest BCUT2D eigenvalue weighted by Gasteiger charge is -2.17. The molecule has 1 aromatic rings. The molecule has 0 spiro atoms. The van der Waals surface area contributed by atoms with Gasteiger partial charge in [-0.15, -0.1) is 0 Å². The van der Waals surface area contributed by atoms with E-state index in [0.29, 0.717) is 6.42 Å². The first-order chi connectivity index (χ1) is 11.8. The van der Waals surface area contributed by atoms with Gasteiger partial charge in [-0.3, -0.25) is 23.9 Å². The Bertz CT molecular complexity index is 761. The van der Waals surface area contributed by atoms with Crippen LogP contribution in [0.1, 0.15) is 39.3 Å². The SMILES string of the molecule is CCC(=O)OC1CC(n2cc(F)c(=O)[nH]c2=O)OC1CSC(=O)CC. The molecule has 0 aliphatic carbocycles. The molecule has 1 saturated heterocycles. The molecule has 3 unspecified atom stereocenters. The van der Waals surface area contributed by atoms with E-state index in [1.807, 2.05) is 4.98 Å². The first-order valence-electron chi connectivity index (χ1n) is 7.87. The Morgan fingerprint density at radius 1 is 1.40 bits per heavy atom. The number of nitrogens with one attached hydrogen (secondary N) is 1. The Kier molecular flexibility index (Phi) is 6.54. The largest absolute Gasteiger partial charge is 0.459 e. The number of nitrogens with zero attached hydrogens (tertiary/aromatic N) is 1. The normalized spacial score (nSPS) is 22.8. The van der Waals surface area contributed by atoms with Crippen molar-refractivity contribution in [3.63, 3.8) is 0 Å². The third-order valence-corrected chi connectivity index (χ3v) is 4.79. The van der Waals surface area contributed by atoms with Gasteiger partial charge in [-0.25, -0.2) is 4.79 Å². The summed E-state index contributed by atoms with van der Waals surface area (Å²) in [5.74, 6) is -1.32. The van der Waals surface area contributed by atoms with E-state index >= 15 is 0 Å². The van der Waals surface area contributed by atoms with Crippen molar-refractivity contribution in [3.8, 4) is 0 Å². The van der Waals surface area contributed by atoms with Gasteiger partial charge in [0.25, 0.3) is 5.56 Å². The van der Waals surface area contributed by atoms with Crippen LogP contribution in [0.15, 0.2) is 15.8 Å². The van der Waals surface area contributed by atoms with Crippen molar-refractivity contribution in [2.45, 2.75) is 51.5 Å². The summed E-state index contributed by atoms with van der Waals surface area (Å²) in [6, 6.07) is 0. The number of rotatable bonds is 6. The predicted molar refractivity (Wildman–Crippen MR) is 87.7 cm³/mol. The van der Waals surface area contributed by atoms with Gasteiger partial charge in [0.1, 0.15) is 18.4 Å².